The van der Waals surface area contributed by atoms with Crippen LogP contribution in [0.25, 0.3) is 0 Å². The molecule has 1 aliphatic carbocycles. The van der Waals surface area contributed by atoms with Crippen molar-refractivity contribution < 1.29 is 4.79 Å². The second kappa shape index (κ2) is 5.39. The van der Waals surface area contributed by atoms with Crippen LogP contribution in [0.2, 0.25) is 0 Å². The standard InChI is InChI=1S/C8H12N4OS.ClH/c9-6(5-1-2-5)3-10-8(13)7-4-14-12-11-7;/h4-6H,1-3,9H2,(H,10,13);1H. The number of carbonyl (C=O) groups is 1. The Morgan fingerprint density at radius 2 is 2.47 bits per heavy atom. The quantitative estimate of drug-likeness (QED) is 0.810. The SMILES string of the molecule is Cl.NC(CNC(=O)c1csnn1)C1CC1. The van der Waals surface area contributed by atoms with Crippen LogP contribution >= 0.6 is 23.9 Å². The van der Waals surface area contributed by atoms with Crippen LogP contribution < -0.4 is 11.1 Å². The highest BCUT2D eigenvalue weighted by Crippen LogP contribution is 2.31. The highest BCUT2D eigenvalue weighted by Gasteiger charge is 2.28. The van der Waals surface area contributed by atoms with Gasteiger partial charge in [0.1, 0.15) is 0 Å². The Hall–Kier alpha value is -0.720. The number of nitrogens with two attached hydrogens (primary N) is 1. The summed E-state index contributed by atoms with van der Waals surface area (Å²) >= 11 is 1.17. The molecule has 1 atom stereocenters. The van der Waals surface area contributed by atoms with Crippen molar-refractivity contribution in [1.82, 2.24) is 14.9 Å². The fourth-order valence-corrected chi connectivity index (χ4v) is 1.69. The summed E-state index contributed by atoms with van der Waals surface area (Å²) in [5.74, 6) is 0.415. The molecule has 84 valence electrons. The number of halogens is 1. The normalized spacial score (nSPS) is 16.6. The zero-order chi connectivity index (χ0) is 9.97. The molecule has 7 heteroatoms. The lowest BCUT2D eigenvalue weighted by Crippen LogP contribution is -2.38. The zero-order valence-corrected chi connectivity index (χ0v) is 9.68. The van der Waals surface area contributed by atoms with Crippen molar-refractivity contribution in [3.05, 3.63) is 11.1 Å². The Labute approximate surface area is 98.0 Å². The summed E-state index contributed by atoms with van der Waals surface area (Å²) in [5.41, 5.74) is 6.21. The number of nitrogens with one attached hydrogen (secondary N) is 1. The molecule has 0 spiro atoms. The second-order valence-electron chi connectivity index (χ2n) is 3.50. The third kappa shape index (κ3) is 3.40. The minimum Gasteiger partial charge on any atom is -0.349 e. The summed E-state index contributed by atoms with van der Waals surface area (Å²) in [6, 6.07) is 0.0885. The van der Waals surface area contributed by atoms with E-state index in [1.54, 1.807) is 5.38 Å². The van der Waals surface area contributed by atoms with Crippen molar-refractivity contribution in [3.63, 3.8) is 0 Å². The fourth-order valence-electron chi connectivity index (χ4n) is 1.26. The number of nitrogens with zero attached hydrogens (tertiary/aromatic N) is 2. The topological polar surface area (TPSA) is 80.9 Å². The van der Waals surface area contributed by atoms with Gasteiger partial charge in [0.25, 0.3) is 5.91 Å². The lowest BCUT2D eigenvalue weighted by Gasteiger charge is -2.09. The lowest BCUT2D eigenvalue weighted by atomic mass is 10.2. The van der Waals surface area contributed by atoms with Gasteiger partial charge in [0, 0.05) is 18.0 Å². The molecule has 1 amide bonds. The van der Waals surface area contributed by atoms with Gasteiger partial charge in [-0.3, -0.25) is 4.79 Å². The van der Waals surface area contributed by atoms with Crippen LogP contribution in [0.1, 0.15) is 23.3 Å². The molecule has 1 aromatic rings. The van der Waals surface area contributed by atoms with Crippen LogP contribution in [0.15, 0.2) is 5.38 Å². The maximum atomic E-state index is 11.4. The van der Waals surface area contributed by atoms with Gasteiger partial charge in [-0.05, 0) is 30.3 Å². The monoisotopic (exact) mass is 248 g/mol. The van der Waals surface area contributed by atoms with E-state index >= 15 is 0 Å². The van der Waals surface area contributed by atoms with E-state index in [0.29, 0.717) is 18.2 Å². The Morgan fingerprint density at radius 3 is 3.00 bits per heavy atom. The zero-order valence-electron chi connectivity index (χ0n) is 8.05. The minimum absolute atomic E-state index is 0. The van der Waals surface area contributed by atoms with E-state index in [4.69, 9.17) is 5.73 Å². The predicted octanol–water partition coefficient (Wildman–Crippen LogP) is 0.427. The van der Waals surface area contributed by atoms with Gasteiger partial charge in [0.05, 0.1) is 0 Å². The van der Waals surface area contributed by atoms with Crippen LogP contribution in [-0.4, -0.2) is 28.1 Å². The van der Waals surface area contributed by atoms with Crippen LogP contribution in [0.4, 0.5) is 0 Å². The number of hydrogen-bond donors (Lipinski definition) is 2. The second-order valence-corrected chi connectivity index (χ2v) is 4.11. The van der Waals surface area contributed by atoms with E-state index < -0.39 is 0 Å². The van der Waals surface area contributed by atoms with E-state index in [0.717, 1.165) is 0 Å². The van der Waals surface area contributed by atoms with Crippen LogP contribution in [0.3, 0.4) is 0 Å². The number of amides is 1. The van der Waals surface area contributed by atoms with Crippen molar-refractivity contribution in [2.75, 3.05) is 6.54 Å². The summed E-state index contributed by atoms with van der Waals surface area (Å²) in [5, 5.41) is 8.04. The van der Waals surface area contributed by atoms with Gasteiger partial charge in [-0.2, -0.15) is 0 Å². The highest BCUT2D eigenvalue weighted by atomic mass is 35.5. The van der Waals surface area contributed by atoms with E-state index in [2.05, 4.69) is 14.9 Å². The average Bonchev–Trinajstić information content (AvgIpc) is 2.90. The Bertz CT molecular complexity index is 314. The molecule has 1 aromatic heterocycles. The molecule has 0 radical (unpaired) electrons. The molecule has 1 saturated carbocycles. The first-order chi connectivity index (χ1) is 6.77. The maximum absolute atomic E-state index is 11.4. The first-order valence-electron chi connectivity index (χ1n) is 4.58. The summed E-state index contributed by atoms with van der Waals surface area (Å²) < 4.78 is 3.62. The summed E-state index contributed by atoms with van der Waals surface area (Å²) in [4.78, 5) is 11.4. The Morgan fingerprint density at radius 1 is 1.73 bits per heavy atom. The van der Waals surface area contributed by atoms with Gasteiger partial charge >= 0.3 is 0 Å². The number of carbonyl (C=O) groups excluding carboxylic acids is 1. The first kappa shape index (κ1) is 12.4. The molecule has 3 N–H and O–H groups in total. The third-order valence-corrected chi connectivity index (χ3v) is 2.82. The highest BCUT2D eigenvalue weighted by molar-refractivity contribution is 7.03. The molecule has 2 rings (SSSR count). The average molecular weight is 249 g/mol. The van der Waals surface area contributed by atoms with Crippen molar-refractivity contribution >= 4 is 29.8 Å². The molecule has 1 aliphatic rings. The molecule has 1 heterocycles. The van der Waals surface area contributed by atoms with E-state index in [1.165, 1.54) is 24.4 Å². The third-order valence-electron chi connectivity index (χ3n) is 2.32. The van der Waals surface area contributed by atoms with Gasteiger partial charge in [0.15, 0.2) is 5.69 Å². The first-order valence-corrected chi connectivity index (χ1v) is 5.42. The molecule has 0 bridgehead atoms. The molecular formula is C8H13ClN4OS. The molecular weight excluding hydrogens is 236 g/mol. The van der Waals surface area contributed by atoms with E-state index in [1.807, 2.05) is 0 Å². The van der Waals surface area contributed by atoms with E-state index in [9.17, 15) is 4.79 Å². The van der Waals surface area contributed by atoms with Crippen molar-refractivity contribution in [2.45, 2.75) is 18.9 Å². The number of aromatic nitrogens is 2. The molecule has 1 unspecified atom stereocenters. The Kier molecular flexibility index (Phi) is 4.44. The fraction of sp³-hybridized carbons (Fsp3) is 0.625. The summed E-state index contributed by atoms with van der Waals surface area (Å²) in [7, 11) is 0. The van der Waals surface area contributed by atoms with Gasteiger partial charge in [0.2, 0.25) is 0 Å². The number of hydrogen-bond acceptors (Lipinski definition) is 5. The van der Waals surface area contributed by atoms with Crippen molar-refractivity contribution in [3.8, 4) is 0 Å². The molecule has 1 fully saturated rings. The van der Waals surface area contributed by atoms with Crippen LogP contribution in [0, 0.1) is 5.92 Å². The van der Waals surface area contributed by atoms with Gasteiger partial charge < -0.3 is 11.1 Å². The van der Waals surface area contributed by atoms with Crippen molar-refractivity contribution in [2.24, 2.45) is 11.7 Å². The molecule has 5 nitrogen and oxygen atoms in total. The lowest BCUT2D eigenvalue weighted by molar-refractivity contribution is 0.0945. The van der Waals surface area contributed by atoms with Gasteiger partial charge in [-0.25, -0.2) is 0 Å². The molecule has 15 heavy (non-hydrogen) atoms. The molecule has 0 saturated heterocycles. The van der Waals surface area contributed by atoms with Gasteiger partial charge in [-0.15, -0.1) is 17.5 Å². The van der Waals surface area contributed by atoms with Gasteiger partial charge in [-0.1, -0.05) is 4.49 Å². The summed E-state index contributed by atoms with van der Waals surface area (Å²) in [6.45, 7) is 0.529. The largest absolute Gasteiger partial charge is 0.349 e. The molecule has 0 aliphatic heterocycles. The predicted molar refractivity (Wildman–Crippen MR) is 60.2 cm³/mol. The van der Waals surface area contributed by atoms with Crippen LogP contribution in [-0.2, 0) is 0 Å². The smallest absolute Gasteiger partial charge is 0.272 e. The molecule has 0 aromatic carbocycles. The minimum atomic E-state index is -0.185. The van der Waals surface area contributed by atoms with Crippen LogP contribution in [0.5, 0.6) is 0 Å². The summed E-state index contributed by atoms with van der Waals surface area (Å²) in [6.07, 6.45) is 2.38. The van der Waals surface area contributed by atoms with Crippen molar-refractivity contribution in [1.29, 1.82) is 0 Å². The maximum Gasteiger partial charge on any atom is 0.272 e. The van der Waals surface area contributed by atoms with E-state index in [-0.39, 0.29) is 24.4 Å². The number of rotatable bonds is 4. The Balaban J connectivity index is 0.00000112.